The quantitative estimate of drug-likeness (QED) is 0.282. The topological polar surface area (TPSA) is 130 Å². The van der Waals surface area contributed by atoms with Gasteiger partial charge < -0.3 is 25.2 Å². The molecule has 2 aliphatic heterocycles. The summed E-state index contributed by atoms with van der Waals surface area (Å²) >= 11 is 0. The molecule has 13 nitrogen and oxygen atoms in total. The molecule has 0 radical (unpaired) electrons. The summed E-state index contributed by atoms with van der Waals surface area (Å²) in [4.78, 5) is 56.8. The van der Waals surface area contributed by atoms with Crippen LogP contribution in [0, 0.1) is 11.8 Å². The minimum Gasteiger partial charge on any atom is -0.444 e. The molecule has 2 aromatic heterocycles. The maximum absolute atomic E-state index is 14.6. The third kappa shape index (κ3) is 6.82. The summed E-state index contributed by atoms with van der Waals surface area (Å²) in [7, 11) is 3.52. The fraction of sp³-hybridized carbons (Fsp3) is 0.417. The van der Waals surface area contributed by atoms with Crippen molar-refractivity contribution in [2.45, 2.75) is 65.0 Å². The molecular formula is C36H43N9O4. The van der Waals surface area contributed by atoms with Crippen molar-refractivity contribution in [2.75, 3.05) is 41.8 Å². The van der Waals surface area contributed by atoms with Gasteiger partial charge >= 0.3 is 11.8 Å². The Morgan fingerprint density at radius 1 is 1.04 bits per heavy atom. The number of amides is 1. The number of ether oxygens (including phenoxy) is 1. The van der Waals surface area contributed by atoms with Crippen LogP contribution in [0.3, 0.4) is 0 Å². The third-order valence-electron chi connectivity index (χ3n) is 8.68. The standard InChI is InChI=1S/C36H43N9O4/c1-7-8-21-44-28-30(41(5)34(44)43-20-14-17-25(23-43)38-33(47)49-36(2,3)4)42(6)35(48)45(31(28)46)32-39-27-19-13-12-18-26(27)29(40-32)37-22-24-15-10-9-11-16-24/h9-13,15-16,18-19,25,34H,14,17,20-23H2,1-6H3,(H,38,47)(H,37,39,40). The van der Waals surface area contributed by atoms with Gasteiger partial charge in [0.25, 0.3) is 5.56 Å². The van der Waals surface area contributed by atoms with E-state index in [1.54, 1.807) is 14.0 Å². The molecular weight excluding hydrogens is 622 g/mol. The number of fused-ring (bicyclic) bond motifs is 2. The number of anilines is 3. The van der Waals surface area contributed by atoms with Crippen LogP contribution in [0.5, 0.6) is 0 Å². The van der Waals surface area contributed by atoms with Gasteiger partial charge in [0, 0.05) is 45.2 Å². The highest BCUT2D eigenvalue weighted by Crippen LogP contribution is 2.37. The molecule has 2 aliphatic rings. The van der Waals surface area contributed by atoms with Gasteiger partial charge in [0.15, 0.2) is 6.29 Å². The summed E-state index contributed by atoms with van der Waals surface area (Å²) in [6.45, 7) is 9.23. The van der Waals surface area contributed by atoms with Crippen LogP contribution in [0.2, 0.25) is 0 Å². The van der Waals surface area contributed by atoms with Crippen LogP contribution >= 0.6 is 0 Å². The molecule has 2 unspecified atom stereocenters. The number of piperidine rings is 1. The van der Waals surface area contributed by atoms with Crippen molar-refractivity contribution in [3.05, 3.63) is 81.0 Å². The van der Waals surface area contributed by atoms with Crippen molar-refractivity contribution in [1.82, 2.24) is 29.3 Å². The van der Waals surface area contributed by atoms with Crippen LogP contribution in [0.25, 0.3) is 16.9 Å². The highest BCUT2D eigenvalue weighted by molar-refractivity contribution is 5.89. The molecule has 6 rings (SSSR count). The molecule has 13 heteroatoms. The molecule has 1 saturated heterocycles. The maximum Gasteiger partial charge on any atom is 0.407 e. The summed E-state index contributed by atoms with van der Waals surface area (Å²) < 4.78 is 8.03. The van der Waals surface area contributed by atoms with E-state index in [2.05, 4.69) is 27.4 Å². The molecule has 4 heterocycles. The van der Waals surface area contributed by atoms with Gasteiger partial charge in [-0.25, -0.2) is 14.6 Å². The molecule has 0 bridgehead atoms. The Kier molecular flexibility index (Phi) is 9.34. The fourth-order valence-electron chi connectivity index (χ4n) is 6.61. The number of para-hydroxylation sites is 1. The normalized spacial score (nSPS) is 17.8. The lowest BCUT2D eigenvalue weighted by Gasteiger charge is -2.42. The van der Waals surface area contributed by atoms with E-state index in [1.807, 2.05) is 92.2 Å². The van der Waals surface area contributed by atoms with Gasteiger partial charge in [0.05, 0.1) is 12.1 Å². The molecule has 0 aliphatic carbocycles. The molecule has 1 amide bonds. The summed E-state index contributed by atoms with van der Waals surface area (Å²) in [5.41, 5.74) is 0.272. The van der Waals surface area contributed by atoms with E-state index in [4.69, 9.17) is 14.7 Å². The third-order valence-corrected chi connectivity index (χ3v) is 8.68. The number of alkyl carbamates (subject to hydrolysis) is 1. The molecule has 2 aromatic carbocycles. The fourth-order valence-corrected chi connectivity index (χ4v) is 6.61. The zero-order chi connectivity index (χ0) is 34.9. The van der Waals surface area contributed by atoms with Crippen LogP contribution in [-0.4, -0.2) is 74.7 Å². The Labute approximate surface area is 285 Å². The van der Waals surface area contributed by atoms with E-state index in [-0.39, 0.29) is 18.5 Å². The highest BCUT2D eigenvalue weighted by atomic mass is 16.6. The van der Waals surface area contributed by atoms with Crippen molar-refractivity contribution in [1.29, 1.82) is 0 Å². The van der Waals surface area contributed by atoms with Gasteiger partial charge in [-0.2, -0.15) is 9.55 Å². The van der Waals surface area contributed by atoms with Crippen molar-refractivity contribution in [3.63, 3.8) is 0 Å². The number of aromatic nitrogens is 4. The van der Waals surface area contributed by atoms with Crippen LogP contribution in [0.15, 0.2) is 64.2 Å². The van der Waals surface area contributed by atoms with Crippen molar-refractivity contribution < 1.29 is 9.53 Å². The Morgan fingerprint density at radius 3 is 2.51 bits per heavy atom. The number of likely N-dealkylation sites (tertiary alicyclic amines) is 1. The smallest absolute Gasteiger partial charge is 0.407 e. The van der Waals surface area contributed by atoms with E-state index in [0.29, 0.717) is 35.9 Å². The van der Waals surface area contributed by atoms with E-state index in [1.165, 1.54) is 4.57 Å². The number of benzene rings is 2. The zero-order valence-electron chi connectivity index (χ0n) is 28.9. The summed E-state index contributed by atoms with van der Waals surface area (Å²) in [5, 5.41) is 7.17. The first-order valence-corrected chi connectivity index (χ1v) is 16.5. The Morgan fingerprint density at radius 2 is 1.78 bits per heavy atom. The van der Waals surface area contributed by atoms with E-state index >= 15 is 0 Å². The first-order valence-electron chi connectivity index (χ1n) is 16.5. The molecule has 0 saturated carbocycles. The second-order valence-corrected chi connectivity index (χ2v) is 13.4. The lowest BCUT2D eigenvalue weighted by atomic mass is 10.1. The second kappa shape index (κ2) is 13.6. The van der Waals surface area contributed by atoms with E-state index in [9.17, 15) is 14.4 Å². The summed E-state index contributed by atoms with van der Waals surface area (Å²) in [6, 6.07) is 17.3. The molecule has 2 N–H and O–H groups in total. The minimum atomic E-state index is -0.612. The number of nitrogens with zero attached hydrogens (tertiary/aromatic N) is 7. The molecule has 0 spiro atoms. The van der Waals surface area contributed by atoms with Gasteiger partial charge in [-0.15, -0.1) is 5.92 Å². The van der Waals surface area contributed by atoms with Crippen LogP contribution in [0.1, 0.15) is 46.1 Å². The number of carbonyl (C=O) groups is 1. The van der Waals surface area contributed by atoms with Gasteiger partial charge in [0.1, 0.15) is 22.9 Å². The lowest BCUT2D eigenvalue weighted by Crippen LogP contribution is -2.60. The average molecular weight is 666 g/mol. The van der Waals surface area contributed by atoms with Crippen molar-refractivity contribution in [3.8, 4) is 17.8 Å². The van der Waals surface area contributed by atoms with Crippen LogP contribution in [-0.2, 0) is 18.3 Å². The Bertz CT molecular complexity index is 2040. The van der Waals surface area contributed by atoms with Crippen molar-refractivity contribution >= 4 is 34.3 Å². The second-order valence-electron chi connectivity index (χ2n) is 13.4. The molecule has 1 fully saturated rings. The molecule has 49 heavy (non-hydrogen) atoms. The first-order chi connectivity index (χ1) is 23.5. The number of hydrogen-bond donors (Lipinski definition) is 2. The van der Waals surface area contributed by atoms with Gasteiger partial charge in [-0.1, -0.05) is 48.4 Å². The molecule has 256 valence electrons. The van der Waals surface area contributed by atoms with E-state index < -0.39 is 29.2 Å². The number of rotatable bonds is 7. The van der Waals surface area contributed by atoms with Crippen molar-refractivity contribution in [2.24, 2.45) is 7.05 Å². The van der Waals surface area contributed by atoms with Gasteiger partial charge in [-0.05, 0) is 58.2 Å². The number of nitrogens with one attached hydrogen (secondary N) is 2. The average Bonchev–Trinajstić information content (AvgIpc) is 3.36. The minimum absolute atomic E-state index is 0.0186. The first kappa shape index (κ1) is 33.5. The summed E-state index contributed by atoms with van der Waals surface area (Å²) in [6.07, 6.45) is 0.712. The number of carbonyl (C=O) groups excluding carboxylic acids is 1. The largest absolute Gasteiger partial charge is 0.444 e. The van der Waals surface area contributed by atoms with Crippen LogP contribution in [0.4, 0.5) is 22.1 Å². The highest BCUT2D eigenvalue weighted by Gasteiger charge is 2.44. The Balaban J connectivity index is 1.40. The molecule has 4 aromatic rings. The van der Waals surface area contributed by atoms with Crippen LogP contribution < -0.4 is 31.7 Å². The number of hydrogen-bond acceptors (Lipinski definition) is 10. The van der Waals surface area contributed by atoms with E-state index in [0.717, 1.165) is 34.9 Å². The zero-order valence-corrected chi connectivity index (χ0v) is 28.9. The predicted molar refractivity (Wildman–Crippen MR) is 191 cm³/mol. The van der Waals surface area contributed by atoms with Gasteiger partial charge in [-0.3, -0.25) is 14.3 Å². The molecule has 2 atom stereocenters. The Hall–Kier alpha value is -5.35. The van der Waals surface area contributed by atoms with Gasteiger partial charge in [0.2, 0.25) is 5.95 Å². The predicted octanol–water partition coefficient (Wildman–Crippen LogP) is 3.64. The summed E-state index contributed by atoms with van der Waals surface area (Å²) in [5.74, 6) is 7.05. The SMILES string of the molecule is CC#CCN1c2c(n(C)c(=O)n(-c3nc(NCc4ccccc4)c4ccccc4n3)c2=O)N(C)C1N1CCCC(NC(=O)OC(C)(C)C)C1. The monoisotopic (exact) mass is 665 g/mol. The lowest BCUT2D eigenvalue weighted by molar-refractivity contribution is 0.0456. The maximum atomic E-state index is 14.6.